The number of carbonyl (C=O) groups excluding carboxylic acids is 2. The van der Waals surface area contributed by atoms with Gasteiger partial charge in [-0.2, -0.15) is 0 Å². The van der Waals surface area contributed by atoms with Crippen molar-refractivity contribution in [1.82, 2.24) is 15.8 Å². The first-order valence-electron chi connectivity index (χ1n) is 6.23. The molecule has 9 heteroatoms. The van der Waals surface area contributed by atoms with Crippen LogP contribution in [0.3, 0.4) is 0 Å². The third-order valence-electron chi connectivity index (χ3n) is 2.88. The number of aromatic nitrogens is 1. The van der Waals surface area contributed by atoms with Gasteiger partial charge in [-0.05, 0) is 20.8 Å². The molecule has 0 aromatic carbocycles. The number of carboxylic acids is 1. The zero-order chi connectivity index (χ0) is 16.2. The van der Waals surface area contributed by atoms with Gasteiger partial charge in [0.15, 0.2) is 0 Å². The van der Waals surface area contributed by atoms with Crippen molar-refractivity contribution < 1.29 is 24.0 Å². The molecule has 0 spiro atoms. The Morgan fingerprint density at radius 2 is 1.95 bits per heavy atom. The summed E-state index contributed by atoms with van der Waals surface area (Å²) in [7, 11) is 0. The first-order chi connectivity index (χ1) is 9.72. The maximum atomic E-state index is 11.8. The number of urea groups is 1. The van der Waals surface area contributed by atoms with Gasteiger partial charge in [-0.1, -0.05) is 5.16 Å². The zero-order valence-corrected chi connectivity index (χ0v) is 12.0. The molecule has 1 rings (SSSR count). The second-order valence-corrected chi connectivity index (χ2v) is 4.64. The van der Waals surface area contributed by atoms with Crippen LogP contribution in [0.1, 0.15) is 36.4 Å². The molecule has 3 amide bonds. The Bertz CT molecular complexity index is 534. The molecule has 0 radical (unpaired) electrons. The van der Waals surface area contributed by atoms with Crippen LogP contribution in [0.2, 0.25) is 0 Å². The molecule has 0 fully saturated rings. The van der Waals surface area contributed by atoms with Crippen LogP contribution < -0.4 is 16.4 Å². The number of hydrogen-bond acceptors (Lipinski definition) is 5. The van der Waals surface area contributed by atoms with Crippen LogP contribution in [0, 0.1) is 13.8 Å². The van der Waals surface area contributed by atoms with E-state index in [0.29, 0.717) is 17.0 Å². The second-order valence-electron chi connectivity index (χ2n) is 4.64. The lowest BCUT2D eigenvalue weighted by molar-refractivity contribution is -0.140. The normalized spacial score (nSPS) is 13.3. The molecule has 2 atom stereocenters. The van der Waals surface area contributed by atoms with Crippen molar-refractivity contribution >= 4 is 17.9 Å². The van der Waals surface area contributed by atoms with Gasteiger partial charge >= 0.3 is 12.0 Å². The molecule has 5 N–H and O–H groups in total. The van der Waals surface area contributed by atoms with Gasteiger partial charge in [0, 0.05) is 5.56 Å². The van der Waals surface area contributed by atoms with Gasteiger partial charge in [-0.15, -0.1) is 0 Å². The molecule has 0 saturated carbocycles. The predicted molar refractivity (Wildman–Crippen MR) is 71.3 cm³/mol. The number of amides is 3. The van der Waals surface area contributed by atoms with E-state index < -0.39 is 36.4 Å². The molecular weight excluding hydrogens is 280 g/mol. The number of rotatable bonds is 6. The number of nitrogens with two attached hydrogens (primary N) is 1. The molecule has 0 saturated heterocycles. The van der Waals surface area contributed by atoms with Crippen molar-refractivity contribution in [3.8, 4) is 0 Å². The van der Waals surface area contributed by atoms with Gasteiger partial charge in [0.05, 0.1) is 18.2 Å². The molecule has 0 aliphatic carbocycles. The van der Waals surface area contributed by atoms with Crippen LogP contribution >= 0.6 is 0 Å². The summed E-state index contributed by atoms with van der Waals surface area (Å²) in [6, 6.07) is -2.53. The number of aryl methyl sites for hydroxylation is 2. The highest BCUT2D eigenvalue weighted by atomic mass is 16.5. The van der Waals surface area contributed by atoms with Crippen LogP contribution in [0.5, 0.6) is 0 Å². The van der Waals surface area contributed by atoms with Crippen LogP contribution in [-0.2, 0) is 9.59 Å². The third-order valence-corrected chi connectivity index (χ3v) is 2.88. The van der Waals surface area contributed by atoms with Crippen molar-refractivity contribution in [2.24, 2.45) is 5.73 Å². The topological polar surface area (TPSA) is 148 Å². The van der Waals surface area contributed by atoms with Crippen LogP contribution in [0.25, 0.3) is 0 Å². The Morgan fingerprint density at radius 1 is 1.33 bits per heavy atom. The average Bonchev–Trinajstić information content (AvgIpc) is 2.67. The van der Waals surface area contributed by atoms with Crippen LogP contribution in [0.4, 0.5) is 4.79 Å². The summed E-state index contributed by atoms with van der Waals surface area (Å²) in [6.45, 7) is 5.14. The van der Waals surface area contributed by atoms with E-state index in [0.717, 1.165) is 0 Å². The zero-order valence-electron chi connectivity index (χ0n) is 12.0. The smallest absolute Gasteiger partial charge is 0.326 e. The van der Waals surface area contributed by atoms with Crippen molar-refractivity contribution in [2.75, 3.05) is 0 Å². The molecule has 0 aliphatic heterocycles. The highest BCUT2D eigenvalue weighted by Crippen LogP contribution is 2.20. The standard InChI is InChI=1S/C12H18N4O5/c1-5(10-6(2)16-21-7(10)3)14-12(20)15-8(11(18)19)4-9(13)17/h5,8H,4H2,1-3H3,(H2,13,17)(H,18,19)(H2,14,15,20). The maximum Gasteiger partial charge on any atom is 0.326 e. The molecule has 21 heavy (non-hydrogen) atoms. The minimum absolute atomic E-state index is 0.431. The Morgan fingerprint density at radius 3 is 2.38 bits per heavy atom. The van der Waals surface area contributed by atoms with Gasteiger partial charge in [0.25, 0.3) is 0 Å². The van der Waals surface area contributed by atoms with E-state index in [1.54, 1.807) is 20.8 Å². The predicted octanol–water partition coefficient (Wildman–Crippen LogP) is -0.0198. The number of carboxylic acid groups (broad SMARTS) is 1. The van der Waals surface area contributed by atoms with Gasteiger partial charge in [0.1, 0.15) is 11.8 Å². The Kier molecular flexibility index (Phi) is 5.28. The molecule has 0 aliphatic rings. The summed E-state index contributed by atoms with van der Waals surface area (Å²) in [6.07, 6.45) is -0.484. The van der Waals surface area contributed by atoms with E-state index in [1.165, 1.54) is 0 Å². The monoisotopic (exact) mass is 298 g/mol. The lowest BCUT2D eigenvalue weighted by Crippen LogP contribution is -2.48. The van der Waals surface area contributed by atoms with Crippen molar-refractivity contribution in [3.05, 3.63) is 17.0 Å². The van der Waals surface area contributed by atoms with E-state index in [-0.39, 0.29) is 0 Å². The molecular formula is C12H18N4O5. The summed E-state index contributed by atoms with van der Waals surface area (Å²) in [5.74, 6) is -1.59. The summed E-state index contributed by atoms with van der Waals surface area (Å²) in [5.41, 5.74) is 6.28. The first kappa shape index (κ1) is 16.5. The fourth-order valence-electron chi connectivity index (χ4n) is 1.98. The fourth-order valence-corrected chi connectivity index (χ4v) is 1.98. The highest BCUT2D eigenvalue weighted by molar-refractivity contribution is 5.87. The minimum Gasteiger partial charge on any atom is -0.480 e. The molecule has 9 nitrogen and oxygen atoms in total. The number of nitrogens with one attached hydrogen (secondary N) is 2. The SMILES string of the molecule is Cc1noc(C)c1C(C)NC(=O)NC(CC(N)=O)C(=O)O. The second kappa shape index (κ2) is 6.73. The van der Waals surface area contributed by atoms with E-state index in [1.807, 2.05) is 0 Å². The number of primary amides is 1. The summed E-state index contributed by atoms with van der Waals surface area (Å²) >= 11 is 0. The van der Waals surface area contributed by atoms with E-state index in [4.69, 9.17) is 15.4 Å². The van der Waals surface area contributed by atoms with Crippen molar-refractivity contribution in [3.63, 3.8) is 0 Å². The molecule has 1 heterocycles. The van der Waals surface area contributed by atoms with Gasteiger partial charge in [0.2, 0.25) is 5.91 Å². The first-order valence-corrected chi connectivity index (χ1v) is 6.23. The van der Waals surface area contributed by atoms with E-state index >= 15 is 0 Å². The lowest BCUT2D eigenvalue weighted by Gasteiger charge is -2.17. The van der Waals surface area contributed by atoms with E-state index in [2.05, 4.69) is 15.8 Å². The molecule has 1 aromatic heterocycles. The third kappa shape index (κ3) is 4.48. The Hall–Kier alpha value is -2.58. The molecule has 2 unspecified atom stereocenters. The summed E-state index contributed by atoms with van der Waals surface area (Å²) in [4.78, 5) is 33.5. The van der Waals surface area contributed by atoms with Crippen LogP contribution in [0.15, 0.2) is 4.52 Å². The Balaban J connectivity index is 2.68. The van der Waals surface area contributed by atoms with Gasteiger partial charge < -0.3 is 26.0 Å². The molecule has 116 valence electrons. The molecule has 1 aromatic rings. The number of nitrogens with zero attached hydrogens (tertiary/aromatic N) is 1. The number of carbonyl (C=O) groups is 3. The average molecular weight is 298 g/mol. The number of hydrogen-bond donors (Lipinski definition) is 4. The van der Waals surface area contributed by atoms with Gasteiger partial charge in [-0.3, -0.25) is 4.79 Å². The summed E-state index contributed by atoms with van der Waals surface area (Å²) < 4.78 is 4.99. The van der Waals surface area contributed by atoms with Crippen LogP contribution in [-0.4, -0.2) is 34.2 Å². The van der Waals surface area contributed by atoms with Gasteiger partial charge in [-0.25, -0.2) is 9.59 Å². The van der Waals surface area contributed by atoms with Crippen molar-refractivity contribution in [1.29, 1.82) is 0 Å². The molecule has 0 bridgehead atoms. The fraction of sp³-hybridized carbons (Fsp3) is 0.500. The summed E-state index contributed by atoms with van der Waals surface area (Å²) in [5, 5.41) is 17.4. The largest absolute Gasteiger partial charge is 0.480 e. The number of aliphatic carboxylic acids is 1. The van der Waals surface area contributed by atoms with E-state index in [9.17, 15) is 14.4 Å². The Labute approximate surface area is 120 Å². The maximum absolute atomic E-state index is 11.8. The lowest BCUT2D eigenvalue weighted by atomic mass is 10.1. The van der Waals surface area contributed by atoms with Crippen molar-refractivity contribution in [2.45, 2.75) is 39.3 Å². The minimum atomic E-state index is -1.38. The highest BCUT2D eigenvalue weighted by Gasteiger charge is 2.24. The quantitative estimate of drug-likeness (QED) is 0.580.